The Morgan fingerprint density at radius 3 is 2.41 bits per heavy atom. The van der Waals surface area contributed by atoms with Gasteiger partial charge in [-0.1, -0.05) is 12.1 Å². The van der Waals surface area contributed by atoms with E-state index in [9.17, 15) is 8.42 Å². The highest BCUT2D eigenvalue weighted by molar-refractivity contribution is 7.92. The highest BCUT2D eigenvalue weighted by Gasteiger charge is 2.25. The normalized spacial score (nSPS) is 21.2. The summed E-state index contributed by atoms with van der Waals surface area (Å²) in [5.74, 6) is 0.252. The molecule has 0 saturated carbocycles. The van der Waals surface area contributed by atoms with Gasteiger partial charge in [0.25, 0.3) is 0 Å². The van der Waals surface area contributed by atoms with Crippen LogP contribution in [0.25, 0.3) is 0 Å². The fourth-order valence-electron chi connectivity index (χ4n) is 2.02. The van der Waals surface area contributed by atoms with E-state index in [4.69, 9.17) is 5.73 Å². The molecule has 1 atom stereocenters. The van der Waals surface area contributed by atoms with Crippen molar-refractivity contribution in [1.82, 2.24) is 0 Å². The lowest BCUT2D eigenvalue weighted by Gasteiger charge is -2.28. The Bertz CT molecular complexity index is 480. The lowest BCUT2D eigenvalue weighted by molar-refractivity contribution is 0.574. The maximum absolute atomic E-state index is 11.9. The smallest absolute Gasteiger partial charge is 0.235 e. The Labute approximate surface area is 102 Å². The summed E-state index contributed by atoms with van der Waals surface area (Å²) < 4.78 is 25.3. The molecule has 0 aliphatic carbocycles. The van der Waals surface area contributed by atoms with Crippen LogP contribution >= 0.6 is 0 Å². The largest absolute Gasteiger partial charge is 0.324 e. The molecule has 2 N–H and O–H groups in total. The van der Waals surface area contributed by atoms with Crippen molar-refractivity contribution in [3.8, 4) is 0 Å². The van der Waals surface area contributed by atoms with Crippen molar-refractivity contribution in [2.75, 3.05) is 16.6 Å². The first-order valence-corrected chi connectivity index (χ1v) is 7.47. The summed E-state index contributed by atoms with van der Waals surface area (Å²) in [4.78, 5) is 0. The zero-order valence-corrected chi connectivity index (χ0v) is 10.8. The van der Waals surface area contributed by atoms with Crippen LogP contribution in [0.3, 0.4) is 0 Å². The van der Waals surface area contributed by atoms with Crippen LogP contribution in [0.5, 0.6) is 0 Å². The zero-order valence-electron chi connectivity index (χ0n) is 9.96. The van der Waals surface area contributed by atoms with Gasteiger partial charge in [-0.15, -0.1) is 0 Å². The molecule has 0 radical (unpaired) electrons. The lowest BCUT2D eigenvalue weighted by Crippen LogP contribution is -2.37. The van der Waals surface area contributed by atoms with Gasteiger partial charge < -0.3 is 5.73 Å². The van der Waals surface area contributed by atoms with Crippen molar-refractivity contribution >= 4 is 15.7 Å². The minimum absolute atomic E-state index is 0.0259. The predicted molar refractivity (Wildman–Crippen MR) is 69.4 cm³/mol. The average molecular weight is 254 g/mol. The molecule has 1 aromatic carbocycles. The molecule has 0 aromatic heterocycles. The van der Waals surface area contributed by atoms with Crippen molar-refractivity contribution in [2.45, 2.75) is 25.8 Å². The third-order valence-electron chi connectivity index (χ3n) is 3.06. The maximum atomic E-state index is 11.9. The molecular weight excluding hydrogens is 236 g/mol. The van der Waals surface area contributed by atoms with Crippen LogP contribution < -0.4 is 10.0 Å². The Balaban J connectivity index is 2.27. The number of anilines is 1. The quantitative estimate of drug-likeness (QED) is 0.872. The van der Waals surface area contributed by atoms with Gasteiger partial charge in [-0.05, 0) is 37.5 Å². The summed E-state index contributed by atoms with van der Waals surface area (Å²) in [6.45, 7) is 2.49. The molecule has 1 saturated heterocycles. The van der Waals surface area contributed by atoms with Crippen LogP contribution in [-0.2, 0) is 10.0 Å². The highest BCUT2D eigenvalue weighted by atomic mass is 32.2. The summed E-state index contributed by atoms with van der Waals surface area (Å²) in [5.41, 5.74) is 7.53. The molecular formula is C12H18N2O2S. The second-order valence-corrected chi connectivity index (χ2v) is 6.49. The number of nitrogens with zero attached hydrogens (tertiary/aromatic N) is 1. The van der Waals surface area contributed by atoms with E-state index in [1.165, 1.54) is 4.31 Å². The van der Waals surface area contributed by atoms with Crippen LogP contribution in [0.15, 0.2) is 24.3 Å². The summed E-state index contributed by atoms with van der Waals surface area (Å²) in [5, 5.41) is 0. The fourth-order valence-corrected chi connectivity index (χ4v) is 3.66. The molecule has 0 bridgehead atoms. The van der Waals surface area contributed by atoms with E-state index in [0.29, 0.717) is 6.54 Å². The molecule has 5 heteroatoms. The van der Waals surface area contributed by atoms with E-state index in [-0.39, 0.29) is 11.8 Å². The van der Waals surface area contributed by atoms with Crippen molar-refractivity contribution in [2.24, 2.45) is 5.73 Å². The van der Waals surface area contributed by atoms with Gasteiger partial charge in [0.15, 0.2) is 0 Å². The average Bonchev–Trinajstić information content (AvgIpc) is 2.28. The monoisotopic (exact) mass is 254 g/mol. The van der Waals surface area contributed by atoms with Gasteiger partial charge in [0.2, 0.25) is 10.0 Å². The molecule has 1 heterocycles. The number of benzene rings is 1. The Morgan fingerprint density at radius 2 is 1.88 bits per heavy atom. The minimum Gasteiger partial charge on any atom is -0.324 e. The molecule has 1 aromatic rings. The molecule has 94 valence electrons. The molecule has 0 amide bonds. The standard InChI is InChI=1S/C12H18N2O2S/c1-10(13)11-4-6-12(7-5-11)14-8-2-3-9-17(14,15)16/h4-7,10H,2-3,8-9,13H2,1H3. The predicted octanol–water partition coefficient (Wildman–Crippen LogP) is 1.64. The summed E-state index contributed by atoms with van der Waals surface area (Å²) >= 11 is 0. The molecule has 4 nitrogen and oxygen atoms in total. The molecule has 1 unspecified atom stereocenters. The van der Waals surface area contributed by atoms with Crippen LogP contribution in [0, 0.1) is 0 Å². The van der Waals surface area contributed by atoms with E-state index >= 15 is 0 Å². The van der Waals surface area contributed by atoms with Gasteiger partial charge in [-0.2, -0.15) is 0 Å². The molecule has 2 rings (SSSR count). The Morgan fingerprint density at radius 1 is 1.24 bits per heavy atom. The number of sulfonamides is 1. The minimum atomic E-state index is -3.11. The first kappa shape index (κ1) is 12.4. The van der Waals surface area contributed by atoms with Crippen LogP contribution in [0.2, 0.25) is 0 Å². The van der Waals surface area contributed by atoms with E-state index in [0.717, 1.165) is 24.1 Å². The van der Waals surface area contributed by atoms with Gasteiger partial charge in [0, 0.05) is 12.6 Å². The topological polar surface area (TPSA) is 63.4 Å². The van der Waals surface area contributed by atoms with Gasteiger partial charge >= 0.3 is 0 Å². The van der Waals surface area contributed by atoms with Gasteiger partial charge in [-0.3, -0.25) is 4.31 Å². The number of rotatable bonds is 2. The maximum Gasteiger partial charge on any atom is 0.235 e. The first-order chi connectivity index (χ1) is 8.00. The molecule has 1 aliphatic rings. The van der Waals surface area contributed by atoms with E-state index < -0.39 is 10.0 Å². The second-order valence-electron chi connectivity index (χ2n) is 4.48. The molecule has 1 fully saturated rings. The van der Waals surface area contributed by atoms with Gasteiger partial charge in [0.1, 0.15) is 0 Å². The van der Waals surface area contributed by atoms with Crippen molar-refractivity contribution in [3.63, 3.8) is 0 Å². The van der Waals surface area contributed by atoms with Crippen LogP contribution in [-0.4, -0.2) is 20.7 Å². The molecule has 1 aliphatic heterocycles. The summed E-state index contributed by atoms with van der Waals surface area (Å²) in [6, 6.07) is 7.43. The van der Waals surface area contributed by atoms with Crippen LogP contribution in [0.4, 0.5) is 5.69 Å². The fraction of sp³-hybridized carbons (Fsp3) is 0.500. The SMILES string of the molecule is CC(N)c1ccc(N2CCCCS2(=O)=O)cc1. The summed E-state index contributed by atoms with van der Waals surface area (Å²) in [6.07, 6.45) is 1.69. The zero-order chi connectivity index (χ0) is 12.5. The van der Waals surface area contributed by atoms with Crippen LogP contribution in [0.1, 0.15) is 31.4 Å². The second kappa shape index (κ2) is 4.66. The van der Waals surface area contributed by atoms with E-state index in [1.54, 1.807) is 0 Å². The van der Waals surface area contributed by atoms with Gasteiger partial charge in [-0.25, -0.2) is 8.42 Å². The number of nitrogens with two attached hydrogens (primary N) is 1. The number of hydrogen-bond acceptors (Lipinski definition) is 3. The molecule has 17 heavy (non-hydrogen) atoms. The number of hydrogen-bond donors (Lipinski definition) is 1. The van der Waals surface area contributed by atoms with E-state index in [1.807, 2.05) is 31.2 Å². The first-order valence-electron chi connectivity index (χ1n) is 5.87. The van der Waals surface area contributed by atoms with E-state index in [2.05, 4.69) is 0 Å². The Kier molecular flexibility index (Phi) is 3.40. The Hall–Kier alpha value is -1.07. The third-order valence-corrected chi connectivity index (χ3v) is 4.93. The van der Waals surface area contributed by atoms with Crippen molar-refractivity contribution in [3.05, 3.63) is 29.8 Å². The third kappa shape index (κ3) is 2.61. The van der Waals surface area contributed by atoms with Gasteiger partial charge in [0.05, 0.1) is 11.4 Å². The lowest BCUT2D eigenvalue weighted by atomic mass is 10.1. The summed E-state index contributed by atoms with van der Waals surface area (Å²) in [7, 11) is -3.11. The molecule has 0 spiro atoms. The van der Waals surface area contributed by atoms with Crippen molar-refractivity contribution < 1.29 is 8.42 Å². The highest BCUT2D eigenvalue weighted by Crippen LogP contribution is 2.24. The van der Waals surface area contributed by atoms with Crippen molar-refractivity contribution in [1.29, 1.82) is 0 Å².